The molecule has 1 aliphatic rings. The third-order valence-corrected chi connectivity index (χ3v) is 4.62. The van der Waals surface area contributed by atoms with Crippen LogP contribution in [-0.4, -0.2) is 38.0 Å². The number of sulfone groups is 1. The van der Waals surface area contributed by atoms with E-state index in [1.54, 1.807) is 6.07 Å². The molecule has 94 valence electrons. The highest BCUT2D eigenvalue weighted by Crippen LogP contribution is 2.21. The average molecular weight is 258 g/mol. The molecule has 0 radical (unpaired) electrons. The maximum Gasteiger partial charge on any atom is 0.152 e. The van der Waals surface area contributed by atoms with Gasteiger partial charge in [-0.1, -0.05) is 0 Å². The predicted molar refractivity (Wildman–Crippen MR) is 64.3 cm³/mol. The summed E-state index contributed by atoms with van der Waals surface area (Å²) in [5, 5.41) is -0.344. The van der Waals surface area contributed by atoms with E-state index in [0.717, 1.165) is 19.2 Å². The highest BCUT2D eigenvalue weighted by molar-refractivity contribution is 7.91. The van der Waals surface area contributed by atoms with Gasteiger partial charge in [0.2, 0.25) is 0 Å². The quantitative estimate of drug-likeness (QED) is 0.800. The van der Waals surface area contributed by atoms with Crippen LogP contribution >= 0.6 is 0 Å². The lowest BCUT2D eigenvalue weighted by molar-refractivity contribution is 0.533. The van der Waals surface area contributed by atoms with Crippen molar-refractivity contribution >= 4 is 15.7 Å². The van der Waals surface area contributed by atoms with Gasteiger partial charge in [0.25, 0.3) is 0 Å². The Morgan fingerprint density at radius 2 is 2.24 bits per heavy atom. The molecule has 1 aromatic rings. The lowest BCUT2D eigenvalue weighted by atomic mass is 10.1. The second-order valence-corrected chi connectivity index (χ2v) is 6.70. The van der Waals surface area contributed by atoms with E-state index in [9.17, 15) is 12.8 Å². The number of piperidine rings is 1. The Kier molecular flexibility index (Phi) is 3.33. The molecule has 0 aromatic carbocycles. The zero-order valence-electron chi connectivity index (χ0n) is 9.63. The van der Waals surface area contributed by atoms with E-state index in [2.05, 4.69) is 4.98 Å². The van der Waals surface area contributed by atoms with E-state index in [-0.39, 0.29) is 11.1 Å². The Bertz CT molecular complexity index is 487. The van der Waals surface area contributed by atoms with Gasteiger partial charge in [0.05, 0.1) is 11.4 Å². The first-order valence-electron chi connectivity index (χ1n) is 5.52. The minimum atomic E-state index is -3.02. The third kappa shape index (κ3) is 2.94. The minimum absolute atomic E-state index is 0.344. The van der Waals surface area contributed by atoms with Crippen LogP contribution in [-0.2, 0) is 9.84 Å². The van der Waals surface area contributed by atoms with Gasteiger partial charge in [-0.3, -0.25) is 0 Å². The van der Waals surface area contributed by atoms with Gasteiger partial charge in [-0.05, 0) is 25.0 Å². The molecule has 1 saturated heterocycles. The van der Waals surface area contributed by atoms with Gasteiger partial charge in [0.15, 0.2) is 9.84 Å². The fraction of sp³-hybridized carbons (Fsp3) is 0.545. The van der Waals surface area contributed by atoms with Crippen LogP contribution in [0.3, 0.4) is 0 Å². The molecular weight excluding hydrogens is 243 g/mol. The Hall–Kier alpha value is -1.17. The van der Waals surface area contributed by atoms with E-state index in [4.69, 9.17) is 0 Å². The summed E-state index contributed by atoms with van der Waals surface area (Å²) in [6.45, 7) is 1.21. The molecule has 0 saturated carbocycles. The van der Waals surface area contributed by atoms with Crippen LogP contribution in [0.2, 0.25) is 0 Å². The van der Waals surface area contributed by atoms with Crippen molar-refractivity contribution in [1.29, 1.82) is 0 Å². The molecular formula is C11H15FN2O2S. The number of halogens is 1. The summed E-state index contributed by atoms with van der Waals surface area (Å²) in [6, 6.07) is 2.92. The van der Waals surface area contributed by atoms with Crippen LogP contribution in [0.5, 0.6) is 0 Å². The maximum atomic E-state index is 12.7. The van der Waals surface area contributed by atoms with Crippen molar-refractivity contribution in [1.82, 2.24) is 4.98 Å². The monoisotopic (exact) mass is 258 g/mol. The number of anilines is 1. The van der Waals surface area contributed by atoms with Crippen LogP contribution in [0.15, 0.2) is 18.3 Å². The molecule has 0 spiro atoms. The molecule has 0 N–H and O–H groups in total. The standard InChI is InChI=1S/C11H15FN2O2S/c1-17(15,16)10-3-2-6-14(8-10)11-5-4-9(12)7-13-11/h4-5,7,10H,2-3,6,8H2,1H3. The third-order valence-electron chi connectivity index (χ3n) is 3.02. The number of hydrogen-bond donors (Lipinski definition) is 0. The summed E-state index contributed by atoms with van der Waals surface area (Å²) in [6.07, 6.45) is 3.92. The average Bonchev–Trinajstić information content (AvgIpc) is 2.29. The molecule has 6 heteroatoms. The van der Waals surface area contributed by atoms with Crippen LogP contribution in [0.1, 0.15) is 12.8 Å². The topological polar surface area (TPSA) is 50.3 Å². The summed E-state index contributed by atoms with van der Waals surface area (Å²) in [5.41, 5.74) is 0. The van der Waals surface area contributed by atoms with E-state index < -0.39 is 9.84 Å². The van der Waals surface area contributed by atoms with Crippen molar-refractivity contribution in [2.24, 2.45) is 0 Å². The van der Waals surface area contributed by atoms with E-state index in [1.807, 2.05) is 4.90 Å². The lowest BCUT2D eigenvalue weighted by Crippen LogP contribution is -2.42. The molecule has 1 atom stereocenters. The Balaban J connectivity index is 2.15. The molecule has 4 nitrogen and oxygen atoms in total. The molecule has 0 amide bonds. The van der Waals surface area contributed by atoms with E-state index >= 15 is 0 Å². The molecule has 2 rings (SSSR count). The summed E-state index contributed by atoms with van der Waals surface area (Å²) in [5.74, 6) is 0.255. The zero-order valence-corrected chi connectivity index (χ0v) is 10.5. The van der Waals surface area contributed by atoms with Crippen LogP contribution < -0.4 is 4.90 Å². The van der Waals surface area contributed by atoms with Crippen molar-refractivity contribution in [2.45, 2.75) is 18.1 Å². The Morgan fingerprint density at radius 3 is 2.82 bits per heavy atom. The largest absolute Gasteiger partial charge is 0.355 e. The number of aromatic nitrogens is 1. The molecule has 1 fully saturated rings. The van der Waals surface area contributed by atoms with Gasteiger partial charge in [0.1, 0.15) is 11.6 Å². The molecule has 2 heterocycles. The van der Waals surface area contributed by atoms with Crippen molar-refractivity contribution < 1.29 is 12.8 Å². The fourth-order valence-corrected chi connectivity index (χ4v) is 3.10. The molecule has 1 aliphatic heterocycles. The fourth-order valence-electron chi connectivity index (χ4n) is 2.05. The summed E-state index contributed by atoms with van der Waals surface area (Å²) < 4.78 is 35.8. The Morgan fingerprint density at radius 1 is 1.47 bits per heavy atom. The van der Waals surface area contributed by atoms with Crippen LogP contribution in [0.25, 0.3) is 0 Å². The number of rotatable bonds is 2. The highest BCUT2D eigenvalue weighted by Gasteiger charge is 2.27. The van der Waals surface area contributed by atoms with Gasteiger partial charge in [-0.2, -0.15) is 0 Å². The maximum absolute atomic E-state index is 12.7. The van der Waals surface area contributed by atoms with Crippen molar-refractivity contribution in [2.75, 3.05) is 24.2 Å². The van der Waals surface area contributed by atoms with Crippen molar-refractivity contribution in [3.05, 3.63) is 24.1 Å². The first kappa shape index (κ1) is 12.3. The number of hydrogen-bond acceptors (Lipinski definition) is 4. The summed E-state index contributed by atoms with van der Waals surface area (Å²) in [7, 11) is -3.02. The normalized spacial score (nSPS) is 21.5. The van der Waals surface area contributed by atoms with Gasteiger partial charge in [-0.25, -0.2) is 17.8 Å². The molecule has 0 bridgehead atoms. The SMILES string of the molecule is CS(=O)(=O)C1CCCN(c2ccc(F)cn2)C1. The van der Waals surface area contributed by atoms with Crippen molar-refractivity contribution in [3.8, 4) is 0 Å². The van der Waals surface area contributed by atoms with E-state index in [0.29, 0.717) is 18.8 Å². The molecule has 1 unspecified atom stereocenters. The smallest absolute Gasteiger partial charge is 0.152 e. The van der Waals surface area contributed by atoms with E-state index in [1.165, 1.54) is 12.3 Å². The molecule has 1 aromatic heterocycles. The first-order chi connectivity index (χ1) is 7.97. The van der Waals surface area contributed by atoms with Gasteiger partial charge < -0.3 is 4.90 Å². The lowest BCUT2D eigenvalue weighted by Gasteiger charge is -2.32. The van der Waals surface area contributed by atoms with Crippen molar-refractivity contribution in [3.63, 3.8) is 0 Å². The van der Waals surface area contributed by atoms with Gasteiger partial charge in [-0.15, -0.1) is 0 Å². The van der Waals surface area contributed by atoms with Gasteiger partial charge in [0, 0.05) is 19.3 Å². The summed E-state index contributed by atoms with van der Waals surface area (Å²) >= 11 is 0. The minimum Gasteiger partial charge on any atom is -0.355 e. The molecule has 17 heavy (non-hydrogen) atoms. The second-order valence-electron chi connectivity index (χ2n) is 4.37. The van der Waals surface area contributed by atoms with Crippen LogP contribution in [0, 0.1) is 5.82 Å². The zero-order chi connectivity index (χ0) is 12.5. The summed E-state index contributed by atoms with van der Waals surface area (Å²) in [4.78, 5) is 5.87. The molecule has 0 aliphatic carbocycles. The first-order valence-corrected chi connectivity index (χ1v) is 7.47. The number of pyridine rings is 1. The van der Waals surface area contributed by atoms with Crippen LogP contribution in [0.4, 0.5) is 10.2 Å². The number of nitrogens with zero attached hydrogens (tertiary/aromatic N) is 2. The second kappa shape index (κ2) is 4.60. The van der Waals surface area contributed by atoms with Gasteiger partial charge >= 0.3 is 0 Å². The Labute approximate surface area is 100 Å². The highest BCUT2D eigenvalue weighted by atomic mass is 32.2. The predicted octanol–water partition coefficient (Wildman–Crippen LogP) is 1.23.